The van der Waals surface area contributed by atoms with E-state index >= 15 is 0 Å². The SMILES string of the molecule is O=C(O)CC(O)S(=O)(=O)O. The summed E-state index contributed by atoms with van der Waals surface area (Å²) in [6.07, 6.45) is -1.02. The van der Waals surface area contributed by atoms with Crippen LogP contribution < -0.4 is 0 Å². The van der Waals surface area contributed by atoms with Crippen molar-refractivity contribution in [3.05, 3.63) is 0 Å². The maximum atomic E-state index is 9.91. The summed E-state index contributed by atoms with van der Waals surface area (Å²) in [5.41, 5.74) is -2.23. The van der Waals surface area contributed by atoms with Crippen LogP contribution in [0.2, 0.25) is 0 Å². The van der Waals surface area contributed by atoms with Crippen molar-refractivity contribution in [3.8, 4) is 0 Å². The molecule has 6 nitrogen and oxygen atoms in total. The van der Waals surface area contributed by atoms with Crippen LogP contribution in [0.3, 0.4) is 0 Å². The summed E-state index contributed by atoms with van der Waals surface area (Å²) >= 11 is 0. The van der Waals surface area contributed by atoms with Gasteiger partial charge in [0.1, 0.15) is 0 Å². The van der Waals surface area contributed by atoms with Crippen LogP contribution in [0.15, 0.2) is 0 Å². The second-order valence-corrected chi connectivity index (χ2v) is 3.14. The van der Waals surface area contributed by atoms with Crippen LogP contribution in [-0.2, 0) is 14.9 Å². The minimum absolute atomic E-state index is 1.02. The molecule has 10 heavy (non-hydrogen) atoms. The Balaban J connectivity index is 4.12. The van der Waals surface area contributed by atoms with Crippen molar-refractivity contribution >= 4 is 16.1 Å². The van der Waals surface area contributed by atoms with E-state index in [0.29, 0.717) is 0 Å². The quantitative estimate of drug-likeness (QED) is 0.452. The van der Waals surface area contributed by atoms with Crippen LogP contribution in [-0.4, -0.2) is 34.6 Å². The van der Waals surface area contributed by atoms with Crippen LogP contribution in [0.25, 0.3) is 0 Å². The van der Waals surface area contributed by atoms with Gasteiger partial charge < -0.3 is 10.2 Å². The number of carboxylic acid groups (broad SMARTS) is 1. The first-order valence-electron chi connectivity index (χ1n) is 2.20. The van der Waals surface area contributed by atoms with E-state index in [0.717, 1.165) is 0 Å². The number of hydrogen-bond acceptors (Lipinski definition) is 4. The number of aliphatic carboxylic acids is 1. The van der Waals surface area contributed by atoms with Crippen molar-refractivity contribution in [2.24, 2.45) is 0 Å². The largest absolute Gasteiger partial charge is 0.481 e. The van der Waals surface area contributed by atoms with Crippen molar-refractivity contribution in [1.29, 1.82) is 0 Å². The fourth-order valence-corrected chi connectivity index (χ4v) is 0.608. The third kappa shape index (κ3) is 3.38. The highest BCUT2D eigenvalue weighted by atomic mass is 32.2. The van der Waals surface area contributed by atoms with Gasteiger partial charge in [-0.2, -0.15) is 8.42 Å². The number of hydrogen-bond donors (Lipinski definition) is 3. The van der Waals surface area contributed by atoms with Crippen LogP contribution in [0, 0.1) is 0 Å². The minimum atomic E-state index is -4.62. The van der Waals surface area contributed by atoms with Crippen molar-refractivity contribution in [2.75, 3.05) is 0 Å². The number of rotatable bonds is 3. The average molecular weight is 170 g/mol. The zero-order valence-electron chi connectivity index (χ0n) is 4.76. The summed E-state index contributed by atoms with van der Waals surface area (Å²) in [4.78, 5) is 9.72. The molecule has 0 amide bonds. The molecule has 60 valence electrons. The number of carboxylic acids is 1. The molecule has 0 bridgehead atoms. The molecule has 0 aromatic heterocycles. The van der Waals surface area contributed by atoms with Gasteiger partial charge in [-0.25, -0.2) is 0 Å². The second kappa shape index (κ2) is 2.95. The second-order valence-electron chi connectivity index (χ2n) is 1.57. The van der Waals surface area contributed by atoms with E-state index in [1.165, 1.54) is 0 Å². The lowest BCUT2D eigenvalue weighted by Crippen LogP contribution is -2.22. The molecule has 0 aromatic carbocycles. The Morgan fingerprint density at radius 3 is 2.00 bits per heavy atom. The Bertz CT molecular complexity index is 215. The van der Waals surface area contributed by atoms with Gasteiger partial charge >= 0.3 is 5.97 Å². The summed E-state index contributed by atoms with van der Waals surface area (Å²) in [5.74, 6) is -1.50. The molecule has 1 unspecified atom stereocenters. The first kappa shape index (κ1) is 9.34. The predicted molar refractivity (Wildman–Crippen MR) is 29.8 cm³/mol. The molecule has 0 radical (unpaired) electrons. The summed E-state index contributed by atoms with van der Waals surface area (Å²) in [5, 5.41) is 16.2. The lowest BCUT2D eigenvalue weighted by Gasteiger charge is -2.01. The van der Waals surface area contributed by atoms with Gasteiger partial charge in [0.2, 0.25) is 0 Å². The van der Waals surface area contributed by atoms with Crippen molar-refractivity contribution in [2.45, 2.75) is 11.9 Å². The zero-order chi connectivity index (χ0) is 8.36. The van der Waals surface area contributed by atoms with Gasteiger partial charge in [-0.1, -0.05) is 0 Å². The number of aliphatic hydroxyl groups is 1. The maximum Gasteiger partial charge on any atom is 0.307 e. The molecule has 0 saturated carbocycles. The Morgan fingerprint density at radius 2 is 1.90 bits per heavy atom. The standard InChI is InChI=1S/C3H6O6S/c4-2(5)1-3(6)10(7,8)9/h3,6H,1H2,(H,4,5)(H,7,8,9). The van der Waals surface area contributed by atoms with Gasteiger partial charge in [-0.3, -0.25) is 9.35 Å². The van der Waals surface area contributed by atoms with Crippen LogP contribution in [0.5, 0.6) is 0 Å². The van der Waals surface area contributed by atoms with E-state index in [1.807, 2.05) is 0 Å². The molecule has 0 spiro atoms. The fraction of sp³-hybridized carbons (Fsp3) is 0.667. The summed E-state index contributed by atoms with van der Waals surface area (Å²) in [6.45, 7) is 0. The molecule has 0 aromatic rings. The molecule has 0 aliphatic carbocycles. The zero-order valence-corrected chi connectivity index (χ0v) is 5.58. The number of carbonyl (C=O) groups is 1. The lowest BCUT2D eigenvalue weighted by molar-refractivity contribution is -0.138. The molecule has 7 heteroatoms. The molecule has 0 fully saturated rings. The van der Waals surface area contributed by atoms with Crippen LogP contribution in [0.1, 0.15) is 6.42 Å². The highest BCUT2D eigenvalue weighted by molar-refractivity contribution is 7.86. The highest BCUT2D eigenvalue weighted by Crippen LogP contribution is 1.98. The van der Waals surface area contributed by atoms with Gasteiger partial charge in [0.15, 0.2) is 5.44 Å². The Morgan fingerprint density at radius 1 is 1.50 bits per heavy atom. The Labute approximate surface area is 56.8 Å². The molecular weight excluding hydrogens is 164 g/mol. The average Bonchev–Trinajstić information content (AvgIpc) is 1.60. The van der Waals surface area contributed by atoms with Gasteiger partial charge in [-0.05, 0) is 0 Å². The molecule has 0 rings (SSSR count). The van der Waals surface area contributed by atoms with Gasteiger partial charge in [0.05, 0.1) is 6.42 Å². The van der Waals surface area contributed by atoms with Gasteiger partial charge in [0.25, 0.3) is 10.1 Å². The normalized spacial score (nSPS) is 14.6. The molecule has 0 heterocycles. The first-order chi connectivity index (χ1) is 4.34. The highest BCUT2D eigenvalue weighted by Gasteiger charge is 2.22. The Kier molecular flexibility index (Phi) is 2.76. The van der Waals surface area contributed by atoms with E-state index in [-0.39, 0.29) is 0 Å². The maximum absolute atomic E-state index is 9.91. The molecule has 3 N–H and O–H groups in total. The van der Waals surface area contributed by atoms with Crippen molar-refractivity contribution < 1.29 is 28.0 Å². The van der Waals surface area contributed by atoms with Crippen molar-refractivity contribution in [3.63, 3.8) is 0 Å². The molecular formula is C3H6O6S. The molecule has 0 aliphatic rings. The minimum Gasteiger partial charge on any atom is -0.481 e. The van der Waals surface area contributed by atoms with E-state index < -0.39 is 27.9 Å². The monoisotopic (exact) mass is 170 g/mol. The fourth-order valence-electron chi connectivity index (χ4n) is 0.255. The third-order valence-corrected chi connectivity index (χ3v) is 1.55. The summed E-state index contributed by atoms with van der Waals surface area (Å²) < 4.78 is 27.8. The molecule has 0 aliphatic heterocycles. The third-order valence-electron chi connectivity index (χ3n) is 0.693. The Hall–Kier alpha value is -0.660. The predicted octanol–water partition coefficient (Wildman–Crippen LogP) is -1.33. The van der Waals surface area contributed by atoms with Gasteiger partial charge in [0, 0.05) is 0 Å². The molecule has 1 atom stereocenters. The van der Waals surface area contributed by atoms with E-state index in [2.05, 4.69) is 0 Å². The van der Waals surface area contributed by atoms with E-state index in [9.17, 15) is 13.2 Å². The smallest absolute Gasteiger partial charge is 0.307 e. The van der Waals surface area contributed by atoms with Crippen LogP contribution in [0.4, 0.5) is 0 Å². The van der Waals surface area contributed by atoms with E-state index in [1.54, 1.807) is 0 Å². The topological polar surface area (TPSA) is 112 Å². The first-order valence-corrected chi connectivity index (χ1v) is 3.70. The lowest BCUT2D eigenvalue weighted by atomic mass is 10.5. The van der Waals surface area contributed by atoms with E-state index in [4.69, 9.17) is 14.8 Å². The summed E-state index contributed by atoms with van der Waals surface area (Å²) in [7, 11) is -4.62. The summed E-state index contributed by atoms with van der Waals surface area (Å²) in [6, 6.07) is 0. The van der Waals surface area contributed by atoms with Crippen LogP contribution >= 0.6 is 0 Å². The van der Waals surface area contributed by atoms with Crippen molar-refractivity contribution in [1.82, 2.24) is 0 Å². The number of aliphatic hydroxyl groups excluding tert-OH is 1. The molecule has 0 saturated heterocycles. The van der Waals surface area contributed by atoms with Gasteiger partial charge in [-0.15, -0.1) is 0 Å².